The van der Waals surface area contributed by atoms with Crippen LogP contribution in [0.15, 0.2) is 85.1 Å². The molecule has 0 saturated heterocycles. The van der Waals surface area contributed by atoms with Crippen LogP contribution in [0.2, 0.25) is 0 Å². The number of fused-ring (bicyclic) bond motifs is 1. The van der Waals surface area contributed by atoms with Gasteiger partial charge in [0.15, 0.2) is 0 Å². The molecule has 3 heteroatoms. The number of hydrogen-bond donors (Lipinski definition) is 0. The summed E-state index contributed by atoms with van der Waals surface area (Å²) in [5.41, 5.74) is 3.70. The van der Waals surface area contributed by atoms with Gasteiger partial charge in [0.25, 0.3) is 0 Å². The number of nitrogens with zero attached hydrogens (tertiary/aromatic N) is 2. The highest BCUT2D eigenvalue weighted by atomic mass is 16.1. The van der Waals surface area contributed by atoms with Gasteiger partial charge >= 0.3 is 0 Å². The van der Waals surface area contributed by atoms with Gasteiger partial charge in [-0.15, -0.1) is 0 Å². The maximum absolute atomic E-state index is 12.9. The Labute approximate surface area is 133 Å². The number of ketones is 1. The van der Waals surface area contributed by atoms with Gasteiger partial charge in [0.2, 0.25) is 5.78 Å². The van der Waals surface area contributed by atoms with Crippen molar-refractivity contribution in [2.45, 2.75) is 0 Å². The third-order valence-electron chi connectivity index (χ3n) is 3.83. The van der Waals surface area contributed by atoms with Crippen molar-refractivity contribution in [3.8, 4) is 11.3 Å². The van der Waals surface area contributed by atoms with Gasteiger partial charge < -0.3 is 0 Å². The van der Waals surface area contributed by atoms with E-state index in [0.29, 0.717) is 11.3 Å². The minimum absolute atomic E-state index is 0.0619. The Morgan fingerprint density at radius 1 is 0.783 bits per heavy atom. The number of hydrogen-bond acceptors (Lipinski definition) is 2. The van der Waals surface area contributed by atoms with Crippen LogP contribution in [0.25, 0.3) is 16.9 Å². The molecule has 4 rings (SSSR count). The van der Waals surface area contributed by atoms with E-state index in [9.17, 15) is 4.79 Å². The van der Waals surface area contributed by atoms with Crippen molar-refractivity contribution >= 4 is 11.4 Å². The minimum atomic E-state index is -0.0619. The Hall–Kier alpha value is -3.20. The lowest BCUT2D eigenvalue weighted by Crippen LogP contribution is -2.04. The fourth-order valence-corrected chi connectivity index (χ4v) is 2.75. The Kier molecular flexibility index (Phi) is 3.24. The number of benzene rings is 2. The second-order valence-electron chi connectivity index (χ2n) is 5.30. The predicted molar refractivity (Wildman–Crippen MR) is 90.5 cm³/mol. The van der Waals surface area contributed by atoms with Crippen molar-refractivity contribution in [3.63, 3.8) is 0 Å². The SMILES string of the molecule is O=C(c1ccccc1)c1nc2ccccn2c1-c1ccccc1. The average molecular weight is 298 g/mol. The van der Waals surface area contributed by atoms with E-state index in [1.54, 1.807) is 0 Å². The molecule has 0 radical (unpaired) electrons. The van der Waals surface area contributed by atoms with Gasteiger partial charge in [0.1, 0.15) is 11.3 Å². The Morgan fingerprint density at radius 2 is 1.43 bits per heavy atom. The zero-order valence-electron chi connectivity index (χ0n) is 12.4. The van der Waals surface area contributed by atoms with Gasteiger partial charge in [0, 0.05) is 17.3 Å². The predicted octanol–water partition coefficient (Wildman–Crippen LogP) is 4.23. The van der Waals surface area contributed by atoms with Crippen LogP contribution in [-0.4, -0.2) is 15.2 Å². The van der Waals surface area contributed by atoms with Crippen molar-refractivity contribution in [1.82, 2.24) is 9.38 Å². The largest absolute Gasteiger partial charge is 0.299 e. The number of aromatic nitrogens is 2. The van der Waals surface area contributed by atoms with Crippen LogP contribution in [0.5, 0.6) is 0 Å². The maximum atomic E-state index is 12.9. The molecular formula is C20H14N2O. The van der Waals surface area contributed by atoms with E-state index in [-0.39, 0.29) is 5.78 Å². The molecule has 0 aliphatic heterocycles. The first kappa shape index (κ1) is 13.5. The van der Waals surface area contributed by atoms with Crippen molar-refractivity contribution in [1.29, 1.82) is 0 Å². The van der Waals surface area contributed by atoms with Gasteiger partial charge in [0.05, 0.1) is 5.69 Å². The molecule has 4 aromatic rings. The van der Waals surface area contributed by atoms with Crippen LogP contribution in [0.3, 0.4) is 0 Å². The molecule has 0 bridgehead atoms. The molecule has 0 aliphatic rings. The van der Waals surface area contributed by atoms with E-state index >= 15 is 0 Å². The molecule has 0 N–H and O–H groups in total. The smallest absolute Gasteiger partial charge is 0.213 e. The van der Waals surface area contributed by atoms with E-state index in [2.05, 4.69) is 4.98 Å². The topological polar surface area (TPSA) is 34.4 Å². The lowest BCUT2D eigenvalue weighted by molar-refractivity contribution is 0.103. The van der Waals surface area contributed by atoms with Crippen LogP contribution in [0, 0.1) is 0 Å². The summed E-state index contributed by atoms with van der Waals surface area (Å²) in [6, 6.07) is 24.9. The molecule has 0 spiro atoms. The van der Waals surface area contributed by atoms with Gasteiger partial charge in [-0.3, -0.25) is 9.20 Å². The molecule has 0 unspecified atom stereocenters. The first-order chi connectivity index (χ1) is 11.3. The molecule has 2 aromatic carbocycles. The van der Waals surface area contributed by atoms with Crippen molar-refractivity contribution in [2.75, 3.05) is 0 Å². The fourth-order valence-electron chi connectivity index (χ4n) is 2.75. The van der Waals surface area contributed by atoms with Crippen LogP contribution >= 0.6 is 0 Å². The van der Waals surface area contributed by atoms with E-state index in [1.807, 2.05) is 89.5 Å². The minimum Gasteiger partial charge on any atom is -0.299 e. The summed E-state index contributed by atoms with van der Waals surface area (Å²) in [5, 5.41) is 0. The van der Waals surface area contributed by atoms with Crippen molar-refractivity contribution < 1.29 is 4.79 Å². The van der Waals surface area contributed by atoms with E-state index in [4.69, 9.17) is 0 Å². The number of rotatable bonds is 3. The summed E-state index contributed by atoms with van der Waals surface area (Å²) in [6.07, 6.45) is 1.94. The molecule has 3 nitrogen and oxygen atoms in total. The highest BCUT2D eigenvalue weighted by molar-refractivity contribution is 6.11. The quantitative estimate of drug-likeness (QED) is 0.530. The zero-order valence-corrected chi connectivity index (χ0v) is 12.4. The van der Waals surface area contributed by atoms with Crippen LogP contribution in [0.4, 0.5) is 0 Å². The molecule has 110 valence electrons. The third kappa shape index (κ3) is 2.32. The summed E-state index contributed by atoms with van der Waals surface area (Å²) < 4.78 is 1.96. The Bertz CT molecular complexity index is 972. The third-order valence-corrected chi connectivity index (χ3v) is 3.83. The van der Waals surface area contributed by atoms with Gasteiger partial charge in [-0.2, -0.15) is 0 Å². The highest BCUT2D eigenvalue weighted by Gasteiger charge is 2.21. The molecular weight excluding hydrogens is 284 g/mol. The second-order valence-corrected chi connectivity index (χ2v) is 5.30. The van der Waals surface area contributed by atoms with Crippen LogP contribution in [0.1, 0.15) is 16.1 Å². The first-order valence-electron chi connectivity index (χ1n) is 7.47. The van der Waals surface area contributed by atoms with E-state index in [0.717, 1.165) is 16.9 Å². The molecule has 23 heavy (non-hydrogen) atoms. The van der Waals surface area contributed by atoms with E-state index in [1.165, 1.54) is 0 Å². The zero-order chi connectivity index (χ0) is 15.6. The molecule has 0 amide bonds. The first-order valence-corrected chi connectivity index (χ1v) is 7.47. The number of pyridine rings is 1. The standard InChI is InChI=1S/C20H14N2O/c23-20(16-11-5-2-6-12-16)18-19(15-9-3-1-4-10-15)22-14-8-7-13-17(22)21-18/h1-14H. The maximum Gasteiger partial charge on any atom is 0.213 e. The number of carbonyl (C=O) groups is 1. The monoisotopic (exact) mass is 298 g/mol. The molecule has 0 saturated carbocycles. The van der Waals surface area contributed by atoms with Gasteiger partial charge in [-0.25, -0.2) is 4.98 Å². The summed E-state index contributed by atoms with van der Waals surface area (Å²) in [7, 11) is 0. The number of carbonyl (C=O) groups excluding carboxylic acids is 1. The molecule has 2 aromatic heterocycles. The lowest BCUT2D eigenvalue weighted by Gasteiger charge is -2.05. The summed E-state index contributed by atoms with van der Waals surface area (Å²) in [6.45, 7) is 0. The normalized spacial score (nSPS) is 10.8. The van der Waals surface area contributed by atoms with Crippen molar-refractivity contribution in [2.24, 2.45) is 0 Å². The van der Waals surface area contributed by atoms with Crippen LogP contribution in [-0.2, 0) is 0 Å². The second kappa shape index (κ2) is 5.54. The summed E-state index contributed by atoms with van der Waals surface area (Å²) in [4.78, 5) is 17.5. The van der Waals surface area contributed by atoms with Gasteiger partial charge in [-0.1, -0.05) is 66.7 Å². The Morgan fingerprint density at radius 3 is 2.17 bits per heavy atom. The molecule has 0 atom stereocenters. The van der Waals surface area contributed by atoms with Gasteiger partial charge in [-0.05, 0) is 12.1 Å². The summed E-state index contributed by atoms with van der Waals surface area (Å²) in [5.74, 6) is -0.0619. The van der Waals surface area contributed by atoms with Crippen LogP contribution < -0.4 is 0 Å². The number of imidazole rings is 1. The molecule has 0 aliphatic carbocycles. The fraction of sp³-hybridized carbons (Fsp3) is 0. The Balaban J connectivity index is 1.98. The molecule has 2 heterocycles. The lowest BCUT2D eigenvalue weighted by atomic mass is 10.0. The molecule has 0 fully saturated rings. The highest BCUT2D eigenvalue weighted by Crippen LogP contribution is 2.26. The average Bonchev–Trinajstić information content (AvgIpc) is 3.02. The van der Waals surface area contributed by atoms with E-state index < -0.39 is 0 Å². The van der Waals surface area contributed by atoms with Crippen molar-refractivity contribution in [3.05, 3.63) is 96.3 Å². The summed E-state index contributed by atoms with van der Waals surface area (Å²) >= 11 is 0.